The lowest BCUT2D eigenvalue weighted by Crippen LogP contribution is -2.24. The van der Waals surface area contributed by atoms with Crippen molar-refractivity contribution in [3.63, 3.8) is 0 Å². The number of hydrogen-bond acceptors (Lipinski definition) is 5. The van der Waals surface area contributed by atoms with Crippen molar-refractivity contribution in [3.05, 3.63) is 60.2 Å². The van der Waals surface area contributed by atoms with Gasteiger partial charge in [0.25, 0.3) is 0 Å². The molecule has 29 heavy (non-hydrogen) atoms. The maximum absolute atomic E-state index is 12.9. The van der Waals surface area contributed by atoms with E-state index >= 15 is 0 Å². The zero-order chi connectivity index (χ0) is 21.9. The third-order valence-corrected chi connectivity index (χ3v) is 6.51. The number of para-hydroxylation sites is 1. The summed E-state index contributed by atoms with van der Waals surface area (Å²) in [5, 5.41) is 0. The summed E-state index contributed by atoms with van der Waals surface area (Å²) in [6.07, 6.45) is 0.942. The Labute approximate surface area is 171 Å². The maximum atomic E-state index is 12.9. The fourth-order valence-electron chi connectivity index (χ4n) is 3.32. The molecule has 0 aliphatic carbocycles. The summed E-state index contributed by atoms with van der Waals surface area (Å²) in [7, 11) is -9.77. The van der Waals surface area contributed by atoms with Crippen LogP contribution in [-0.2, 0) is 18.9 Å². The summed E-state index contributed by atoms with van der Waals surface area (Å²) < 4.78 is 39.0. The van der Waals surface area contributed by atoms with Crippen LogP contribution in [0.15, 0.2) is 54.6 Å². The molecule has 0 heterocycles. The van der Waals surface area contributed by atoms with Crippen molar-refractivity contribution < 1.29 is 32.3 Å². The number of benzene rings is 2. The van der Waals surface area contributed by atoms with Crippen LogP contribution in [0.5, 0.6) is 11.5 Å². The van der Waals surface area contributed by atoms with Gasteiger partial charge >= 0.3 is 15.6 Å². The van der Waals surface area contributed by atoms with Crippen molar-refractivity contribution >= 4 is 15.6 Å². The maximum Gasteiger partial charge on any atom is 0.596 e. The monoisotopic (exact) mass is 442 g/mol. The Morgan fingerprint density at radius 3 is 1.72 bits per heavy atom. The number of rotatable bonds is 8. The third-order valence-electron chi connectivity index (χ3n) is 3.99. The molecule has 2 N–H and O–H groups in total. The van der Waals surface area contributed by atoms with Gasteiger partial charge in [0, 0.05) is 0 Å². The van der Waals surface area contributed by atoms with E-state index in [1.807, 2.05) is 12.1 Å². The summed E-state index contributed by atoms with van der Waals surface area (Å²) in [5.41, 5.74) is 1.08. The zero-order valence-electron chi connectivity index (χ0n) is 17.2. The van der Waals surface area contributed by atoms with Crippen molar-refractivity contribution in [3.8, 4) is 11.5 Å². The molecule has 2 aromatic carbocycles. The number of phosphoric acid groups is 2. The standard InChI is InChI=1S/C20H28O7P2/c1-19(2,3)15-20(4,5)16-11-13-18(14-12-16)26-29(24,27-28(21,22)23)25-17-9-7-6-8-10-17/h6-14H,15H2,1-5H3,(H2,21,22,23). The van der Waals surface area contributed by atoms with Crippen molar-refractivity contribution in [2.75, 3.05) is 0 Å². The first kappa shape index (κ1) is 23.7. The van der Waals surface area contributed by atoms with Crippen LogP contribution in [0, 0.1) is 5.41 Å². The van der Waals surface area contributed by atoms with Gasteiger partial charge in [0.05, 0.1) is 0 Å². The summed E-state index contributed by atoms with van der Waals surface area (Å²) in [5.74, 6) is 0.195. The van der Waals surface area contributed by atoms with E-state index in [0.29, 0.717) is 0 Å². The van der Waals surface area contributed by atoms with E-state index in [1.54, 1.807) is 30.3 Å². The highest BCUT2D eigenvalue weighted by atomic mass is 31.3. The highest BCUT2D eigenvalue weighted by Crippen LogP contribution is 2.60. The first-order chi connectivity index (χ1) is 13.2. The fraction of sp³-hybridized carbons (Fsp3) is 0.400. The van der Waals surface area contributed by atoms with Crippen LogP contribution in [0.3, 0.4) is 0 Å². The second kappa shape index (κ2) is 8.63. The van der Waals surface area contributed by atoms with Gasteiger partial charge in [-0.3, -0.25) is 0 Å². The van der Waals surface area contributed by atoms with Gasteiger partial charge in [0.2, 0.25) is 0 Å². The second-order valence-corrected chi connectivity index (χ2v) is 11.6. The van der Waals surface area contributed by atoms with Crippen molar-refractivity contribution in [2.45, 2.75) is 46.5 Å². The van der Waals surface area contributed by atoms with Crippen LogP contribution in [0.2, 0.25) is 0 Å². The smallest absolute Gasteiger partial charge is 0.395 e. The molecule has 160 valence electrons. The molecule has 0 fully saturated rings. The molecule has 1 atom stereocenters. The molecule has 7 nitrogen and oxygen atoms in total. The first-order valence-electron chi connectivity index (χ1n) is 9.09. The van der Waals surface area contributed by atoms with Gasteiger partial charge in [-0.15, -0.1) is 0 Å². The Balaban J connectivity index is 2.25. The zero-order valence-corrected chi connectivity index (χ0v) is 19.0. The van der Waals surface area contributed by atoms with Crippen molar-refractivity contribution in [1.82, 2.24) is 0 Å². The Hall–Kier alpha value is -1.62. The minimum atomic E-state index is -5.13. The SMILES string of the molecule is CC(C)(C)CC(C)(C)c1ccc(OP(=O)(Oc2ccccc2)OP(=O)(O)O)cc1. The Bertz CT molecular complexity index is 897. The summed E-state index contributed by atoms with van der Waals surface area (Å²) >= 11 is 0. The van der Waals surface area contributed by atoms with Gasteiger partial charge in [-0.1, -0.05) is 65.0 Å². The highest BCUT2D eigenvalue weighted by molar-refractivity contribution is 7.61. The summed E-state index contributed by atoms with van der Waals surface area (Å²) in [6, 6.07) is 14.7. The van der Waals surface area contributed by atoms with Crippen molar-refractivity contribution in [2.24, 2.45) is 5.41 Å². The van der Waals surface area contributed by atoms with E-state index in [0.717, 1.165) is 12.0 Å². The minimum absolute atomic E-state index is 0.0900. The van der Waals surface area contributed by atoms with Gasteiger partial charge in [0.1, 0.15) is 11.5 Å². The molecule has 0 amide bonds. The normalized spacial score (nSPS) is 14.9. The van der Waals surface area contributed by atoms with Crippen LogP contribution in [0.1, 0.15) is 46.6 Å². The molecular weight excluding hydrogens is 414 g/mol. The quantitative estimate of drug-likeness (QED) is 0.478. The average molecular weight is 442 g/mol. The molecule has 0 aliphatic rings. The third kappa shape index (κ3) is 7.96. The van der Waals surface area contributed by atoms with Crippen molar-refractivity contribution in [1.29, 1.82) is 0 Å². The predicted octanol–water partition coefficient (Wildman–Crippen LogP) is 6.08. The lowest BCUT2D eigenvalue weighted by molar-refractivity contribution is 0.233. The lowest BCUT2D eigenvalue weighted by Gasteiger charge is -2.33. The van der Waals surface area contributed by atoms with Crippen LogP contribution in [0.4, 0.5) is 0 Å². The second-order valence-electron chi connectivity index (χ2n) is 8.66. The Morgan fingerprint density at radius 1 is 0.793 bits per heavy atom. The molecular formula is C20H28O7P2. The lowest BCUT2D eigenvalue weighted by atomic mass is 9.72. The van der Waals surface area contributed by atoms with E-state index in [-0.39, 0.29) is 22.3 Å². The Kier molecular flexibility index (Phi) is 7.04. The first-order valence-corrected chi connectivity index (χ1v) is 12.1. The fourth-order valence-corrected chi connectivity index (χ4v) is 5.42. The topological polar surface area (TPSA) is 102 Å². The molecule has 0 spiro atoms. The van der Waals surface area contributed by atoms with E-state index in [4.69, 9.17) is 18.8 Å². The molecule has 2 rings (SSSR count). The van der Waals surface area contributed by atoms with Crippen LogP contribution >= 0.6 is 15.6 Å². The minimum Gasteiger partial charge on any atom is -0.395 e. The highest BCUT2D eigenvalue weighted by Gasteiger charge is 2.39. The van der Waals surface area contributed by atoms with Gasteiger partial charge in [-0.25, -0.2) is 9.13 Å². The molecule has 1 unspecified atom stereocenters. The molecule has 0 bridgehead atoms. The molecule has 0 saturated heterocycles. The van der Waals surface area contributed by atoms with E-state index in [2.05, 4.69) is 38.9 Å². The molecule has 0 aliphatic heterocycles. The molecule has 0 radical (unpaired) electrons. The Morgan fingerprint density at radius 2 is 1.28 bits per heavy atom. The van der Waals surface area contributed by atoms with Gasteiger partial charge in [0.15, 0.2) is 0 Å². The van der Waals surface area contributed by atoms with Crippen LogP contribution in [-0.4, -0.2) is 9.79 Å². The van der Waals surface area contributed by atoms with Gasteiger partial charge in [-0.05, 0) is 47.1 Å². The largest absolute Gasteiger partial charge is 0.596 e. The van der Waals surface area contributed by atoms with Gasteiger partial charge in [-0.2, -0.15) is 4.31 Å². The van der Waals surface area contributed by atoms with Crippen LogP contribution < -0.4 is 9.05 Å². The molecule has 9 heteroatoms. The number of hydrogen-bond donors (Lipinski definition) is 2. The molecule has 2 aromatic rings. The summed E-state index contributed by atoms with van der Waals surface area (Å²) in [4.78, 5) is 18.2. The van der Waals surface area contributed by atoms with E-state index in [1.165, 1.54) is 12.1 Å². The van der Waals surface area contributed by atoms with E-state index in [9.17, 15) is 9.13 Å². The molecule has 0 aromatic heterocycles. The van der Waals surface area contributed by atoms with Crippen LogP contribution in [0.25, 0.3) is 0 Å². The van der Waals surface area contributed by atoms with E-state index < -0.39 is 15.6 Å². The average Bonchev–Trinajstić information content (AvgIpc) is 2.51. The molecule has 0 saturated carbocycles. The summed E-state index contributed by atoms with van der Waals surface area (Å²) in [6.45, 7) is 10.8. The predicted molar refractivity (Wildman–Crippen MR) is 112 cm³/mol. The number of phosphoric ester groups is 1. The van der Waals surface area contributed by atoms with Gasteiger partial charge < -0.3 is 18.8 Å².